The van der Waals surface area contributed by atoms with Crippen molar-refractivity contribution in [2.75, 3.05) is 0 Å². The van der Waals surface area contributed by atoms with Gasteiger partial charge < -0.3 is 10.2 Å². The average Bonchev–Trinajstić information content (AvgIpc) is 1.25. The maximum atomic E-state index is 11.7. The number of rotatable bonds is 1. The van der Waals surface area contributed by atoms with Crippen molar-refractivity contribution in [2.24, 2.45) is 0 Å². The number of halogens is 2. The van der Waals surface area contributed by atoms with E-state index in [0.29, 0.717) is 13.8 Å². The van der Waals surface area contributed by atoms with E-state index in [1.807, 2.05) is 0 Å². The van der Waals surface area contributed by atoms with Crippen LogP contribution in [0.3, 0.4) is 0 Å². The van der Waals surface area contributed by atoms with Crippen LogP contribution in [0, 0.1) is 0 Å². The van der Waals surface area contributed by atoms with E-state index in [1.165, 1.54) is 0 Å². The van der Waals surface area contributed by atoms with Crippen LogP contribution in [0.4, 0.5) is 8.78 Å². The monoisotopic (exact) mass is 126 g/mol. The molecule has 0 aromatic heterocycles. The van der Waals surface area contributed by atoms with Crippen molar-refractivity contribution in [3.8, 4) is 0 Å². The van der Waals surface area contributed by atoms with Gasteiger partial charge in [0.05, 0.1) is 0 Å². The first-order chi connectivity index (χ1) is 3.25. The molecule has 0 aliphatic heterocycles. The van der Waals surface area contributed by atoms with Gasteiger partial charge in [0.2, 0.25) is 5.79 Å². The maximum Gasteiger partial charge on any atom is 0.297 e. The predicted octanol–water partition coefficient (Wildman–Crippen LogP) is 0.342. The smallest absolute Gasteiger partial charge is 0.297 e. The van der Waals surface area contributed by atoms with E-state index >= 15 is 0 Å². The molecule has 0 spiro atoms. The summed E-state index contributed by atoms with van der Waals surface area (Å²) in [6.45, 7) is 1.07. The molecule has 0 aliphatic rings. The van der Waals surface area contributed by atoms with E-state index in [4.69, 9.17) is 10.2 Å². The normalized spacial score (nSPS) is 14.2. The highest BCUT2D eigenvalue weighted by Gasteiger charge is 2.42. The molecule has 0 atom stereocenters. The van der Waals surface area contributed by atoms with Crippen LogP contribution in [0.5, 0.6) is 0 Å². The van der Waals surface area contributed by atoms with Crippen molar-refractivity contribution < 1.29 is 19.0 Å². The summed E-state index contributed by atoms with van der Waals surface area (Å²) in [7, 11) is 0. The first-order valence-corrected chi connectivity index (χ1v) is 2.08. The molecule has 0 saturated carbocycles. The minimum atomic E-state index is -3.45. The Morgan fingerprint density at radius 2 is 1.25 bits per heavy atom. The minimum Gasteiger partial charge on any atom is -0.361 e. The fourth-order valence-electron chi connectivity index (χ4n) is 0. The third-order valence-electron chi connectivity index (χ3n) is 0.832. The zero-order valence-corrected chi connectivity index (χ0v) is 4.65. The average molecular weight is 126 g/mol. The molecule has 0 rings (SSSR count). The molecule has 0 aromatic rings. The largest absolute Gasteiger partial charge is 0.361 e. The summed E-state index contributed by atoms with van der Waals surface area (Å²) in [5.74, 6) is -6.35. The Morgan fingerprint density at radius 3 is 1.25 bits per heavy atom. The first-order valence-electron chi connectivity index (χ1n) is 2.08. The molecular formula is C4H8F2O2. The van der Waals surface area contributed by atoms with Crippen LogP contribution in [-0.2, 0) is 0 Å². The van der Waals surface area contributed by atoms with Gasteiger partial charge in [-0.2, -0.15) is 0 Å². The second-order valence-corrected chi connectivity index (χ2v) is 1.91. The third kappa shape index (κ3) is 1.71. The Morgan fingerprint density at radius 1 is 1.12 bits per heavy atom. The fraction of sp³-hybridized carbons (Fsp3) is 1.00. The molecule has 0 aliphatic carbocycles. The standard InChI is InChI=1S/C4H8F2O2/c1-3(5,6)4(2,7)8/h7-8H,1-2H3. The van der Waals surface area contributed by atoms with Gasteiger partial charge in [0.15, 0.2) is 0 Å². The molecule has 0 radical (unpaired) electrons. The summed E-state index contributed by atoms with van der Waals surface area (Å²) in [6.07, 6.45) is 0. The summed E-state index contributed by atoms with van der Waals surface area (Å²) >= 11 is 0. The highest BCUT2D eigenvalue weighted by atomic mass is 19.3. The molecule has 0 bridgehead atoms. The minimum absolute atomic E-state index is 0.438. The summed E-state index contributed by atoms with van der Waals surface area (Å²) in [4.78, 5) is 0. The van der Waals surface area contributed by atoms with Crippen LogP contribution in [-0.4, -0.2) is 21.9 Å². The fourth-order valence-corrected chi connectivity index (χ4v) is 0. The molecular weight excluding hydrogens is 118 g/mol. The van der Waals surface area contributed by atoms with E-state index in [2.05, 4.69) is 0 Å². The quantitative estimate of drug-likeness (QED) is 0.497. The number of hydrogen-bond donors (Lipinski definition) is 2. The Labute approximate surface area is 45.8 Å². The molecule has 50 valence electrons. The van der Waals surface area contributed by atoms with Crippen molar-refractivity contribution in [2.45, 2.75) is 25.6 Å². The van der Waals surface area contributed by atoms with Gasteiger partial charge in [0, 0.05) is 6.92 Å². The molecule has 0 saturated heterocycles. The Balaban J connectivity index is 4.02. The molecule has 2 N–H and O–H groups in total. The zero-order chi connectivity index (χ0) is 7.00. The van der Waals surface area contributed by atoms with Gasteiger partial charge >= 0.3 is 0 Å². The lowest BCUT2D eigenvalue weighted by atomic mass is 10.2. The molecule has 0 heterocycles. The van der Waals surface area contributed by atoms with Gasteiger partial charge in [-0.3, -0.25) is 0 Å². The van der Waals surface area contributed by atoms with E-state index in [0.717, 1.165) is 0 Å². The third-order valence-corrected chi connectivity index (χ3v) is 0.832. The van der Waals surface area contributed by atoms with E-state index in [9.17, 15) is 8.78 Å². The topological polar surface area (TPSA) is 40.5 Å². The van der Waals surface area contributed by atoms with Crippen molar-refractivity contribution in [1.29, 1.82) is 0 Å². The number of aliphatic hydroxyl groups is 2. The van der Waals surface area contributed by atoms with Crippen LogP contribution < -0.4 is 0 Å². The van der Waals surface area contributed by atoms with Crippen LogP contribution in [0.2, 0.25) is 0 Å². The van der Waals surface area contributed by atoms with Gasteiger partial charge in [-0.25, -0.2) is 8.78 Å². The lowest BCUT2D eigenvalue weighted by molar-refractivity contribution is -0.276. The summed E-state index contributed by atoms with van der Waals surface area (Å²) in [5.41, 5.74) is 0. The van der Waals surface area contributed by atoms with Crippen LogP contribution in [0.1, 0.15) is 13.8 Å². The molecule has 0 unspecified atom stereocenters. The SMILES string of the molecule is CC(O)(O)C(C)(F)F. The van der Waals surface area contributed by atoms with Gasteiger partial charge in [-0.15, -0.1) is 0 Å². The summed E-state index contributed by atoms with van der Waals surface area (Å²) in [6, 6.07) is 0. The van der Waals surface area contributed by atoms with Crippen molar-refractivity contribution in [1.82, 2.24) is 0 Å². The van der Waals surface area contributed by atoms with E-state index < -0.39 is 11.7 Å². The van der Waals surface area contributed by atoms with Crippen molar-refractivity contribution in [3.05, 3.63) is 0 Å². The Hall–Kier alpha value is -0.220. The predicted molar refractivity (Wildman–Crippen MR) is 23.5 cm³/mol. The van der Waals surface area contributed by atoms with Crippen LogP contribution >= 0.6 is 0 Å². The molecule has 0 amide bonds. The van der Waals surface area contributed by atoms with Gasteiger partial charge in [0.1, 0.15) is 0 Å². The van der Waals surface area contributed by atoms with Crippen molar-refractivity contribution in [3.63, 3.8) is 0 Å². The number of hydrogen-bond acceptors (Lipinski definition) is 2. The lowest BCUT2D eigenvalue weighted by Crippen LogP contribution is -2.42. The second-order valence-electron chi connectivity index (χ2n) is 1.91. The highest BCUT2D eigenvalue weighted by molar-refractivity contribution is 4.72. The van der Waals surface area contributed by atoms with Gasteiger partial charge in [-0.1, -0.05) is 0 Å². The Bertz CT molecular complexity index is 67.0. The van der Waals surface area contributed by atoms with Crippen LogP contribution in [0.25, 0.3) is 0 Å². The second kappa shape index (κ2) is 1.63. The first kappa shape index (κ1) is 7.78. The lowest BCUT2D eigenvalue weighted by Gasteiger charge is -2.22. The number of alkyl halides is 2. The highest BCUT2D eigenvalue weighted by Crippen LogP contribution is 2.24. The van der Waals surface area contributed by atoms with E-state index in [-0.39, 0.29) is 0 Å². The zero-order valence-electron chi connectivity index (χ0n) is 4.65. The Kier molecular flexibility index (Phi) is 1.59. The molecule has 0 fully saturated rings. The summed E-state index contributed by atoms with van der Waals surface area (Å²) < 4.78 is 23.5. The molecule has 4 heteroatoms. The van der Waals surface area contributed by atoms with Crippen molar-refractivity contribution >= 4 is 0 Å². The molecule has 0 aromatic carbocycles. The summed E-state index contributed by atoms with van der Waals surface area (Å²) in [5, 5.41) is 16.3. The van der Waals surface area contributed by atoms with Crippen LogP contribution in [0.15, 0.2) is 0 Å². The van der Waals surface area contributed by atoms with Gasteiger partial charge in [0.25, 0.3) is 5.92 Å². The van der Waals surface area contributed by atoms with E-state index in [1.54, 1.807) is 0 Å². The van der Waals surface area contributed by atoms with Gasteiger partial charge in [-0.05, 0) is 6.92 Å². The molecule has 2 nitrogen and oxygen atoms in total. The maximum absolute atomic E-state index is 11.7. The molecule has 8 heavy (non-hydrogen) atoms.